The van der Waals surface area contributed by atoms with Crippen molar-refractivity contribution in [1.82, 2.24) is 4.90 Å². The number of carbonyl (C=O) groups is 2. The second-order valence-corrected chi connectivity index (χ2v) is 3.08. The van der Waals surface area contributed by atoms with Crippen molar-refractivity contribution in [3.8, 4) is 0 Å². The maximum atomic E-state index is 10.9. The second kappa shape index (κ2) is 4.77. The number of ketones is 1. The molecule has 0 unspecified atom stereocenters. The number of hydrogen-bond acceptors (Lipinski definition) is 3. The van der Waals surface area contributed by atoms with Crippen LogP contribution in [-0.2, 0) is 9.59 Å². The molecule has 1 heterocycles. The Labute approximate surface area is 76.8 Å². The van der Waals surface area contributed by atoms with Gasteiger partial charge in [0.15, 0.2) is 0 Å². The van der Waals surface area contributed by atoms with E-state index < -0.39 is 5.97 Å². The first-order valence-corrected chi connectivity index (χ1v) is 4.32. The number of rotatable bonds is 3. The first-order chi connectivity index (χ1) is 6.18. The van der Waals surface area contributed by atoms with Crippen LogP contribution in [0.3, 0.4) is 0 Å². The van der Waals surface area contributed by atoms with Crippen molar-refractivity contribution in [3.05, 3.63) is 12.2 Å². The van der Waals surface area contributed by atoms with E-state index in [1.807, 2.05) is 0 Å². The van der Waals surface area contributed by atoms with Crippen LogP contribution in [0.1, 0.15) is 12.8 Å². The maximum absolute atomic E-state index is 10.9. The van der Waals surface area contributed by atoms with Crippen molar-refractivity contribution in [2.24, 2.45) is 0 Å². The van der Waals surface area contributed by atoms with Gasteiger partial charge in [0.25, 0.3) is 0 Å². The van der Waals surface area contributed by atoms with Crippen LogP contribution < -0.4 is 0 Å². The van der Waals surface area contributed by atoms with Gasteiger partial charge in [0.2, 0.25) is 0 Å². The van der Waals surface area contributed by atoms with E-state index in [0.717, 1.165) is 19.2 Å². The zero-order valence-electron chi connectivity index (χ0n) is 7.40. The van der Waals surface area contributed by atoms with E-state index in [0.29, 0.717) is 25.2 Å². The number of Topliss-reactive ketones (excluding diaryl/α,β-unsaturated/α-hetero) is 1. The van der Waals surface area contributed by atoms with Crippen LogP contribution in [0.15, 0.2) is 12.2 Å². The van der Waals surface area contributed by atoms with Gasteiger partial charge in [-0.05, 0) is 0 Å². The van der Waals surface area contributed by atoms with Gasteiger partial charge in [0.1, 0.15) is 5.78 Å². The third-order valence-corrected chi connectivity index (χ3v) is 2.04. The first-order valence-electron chi connectivity index (χ1n) is 4.32. The van der Waals surface area contributed by atoms with Gasteiger partial charge in [0, 0.05) is 38.6 Å². The largest absolute Gasteiger partial charge is 0.478 e. The van der Waals surface area contributed by atoms with Gasteiger partial charge in [-0.1, -0.05) is 6.08 Å². The number of aliphatic carboxylic acids is 1. The van der Waals surface area contributed by atoms with Crippen molar-refractivity contribution in [3.63, 3.8) is 0 Å². The molecule has 0 aromatic rings. The molecule has 0 atom stereocenters. The van der Waals surface area contributed by atoms with E-state index in [-0.39, 0.29) is 0 Å². The van der Waals surface area contributed by atoms with E-state index in [1.54, 1.807) is 6.08 Å². The number of nitrogens with zero attached hydrogens (tertiary/aromatic N) is 1. The number of carboxylic acid groups (broad SMARTS) is 1. The highest BCUT2D eigenvalue weighted by atomic mass is 16.4. The van der Waals surface area contributed by atoms with Crippen molar-refractivity contribution >= 4 is 11.8 Å². The number of likely N-dealkylation sites (tertiary alicyclic amines) is 1. The predicted molar refractivity (Wildman–Crippen MR) is 47.5 cm³/mol. The summed E-state index contributed by atoms with van der Waals surface area (Å²) in [5.74, 6) is -0.619. The summed E-state index contributed by atoms with van der Waals surface area (Å²) in [7, 11) is 0. The first kappa shape index (κ1) is 9.92. The second-order valence-electron chi connectivity index (χ2n) is 3.08. The van der Waals surface area contributed by atoms with Crippen LogP contribution in [0.4, 0.5) is 0 Å². The molecule has 72 valence electrons. The van der Waals surface area contributed by atoms with Crippen molar-refractivity contribution in [2.75, 3.05) is 19.6 Å². The third-order valence-electron chi connectivity index (χ3n) is 2.04. The Morgan fingerprint density at radius 1 is 1.46 bits per heavy atom. The fourth-order valence-electron chi connectivity index (χ4n) is 1.29. The standard InChI is InChI=1S/C9H13NO3/c11-8-3-6-10(7-4-8)5-1-2-9(12)13/h1-2H,3-7H2,(H,12,13)/b2-1+. The molecule has 0 radical (unpaired) electrons. The van der Waals surface area contributed by atoms with E-state index >= 15 is 0 Å². The quantitative estimate of drug-likeness (QED) is 0.639. The van der Waals surface area contributed by atoms with Gasteiger partial charge >= 0.3 is 5.97 Å². The Morgan fingerprint density at radius 2 is 2.08 bits per heavy atom. The molecule has 13 heavy (non-hydrogen) atoms. The minimum absolute atomic E-state index is 0.304. The Morgan fingerprint density at radius 3 is 2.62 bits per heavy atom. The summed E-state index contributed by atoms with van der Waals surface area (Å²) < 4.78 is 0. The van der Waals surface area contributed by atoms with E-state index in [9.17, 15) is 9.59 Å². The molecule has 1 saturated heterocycles. The molecule has 1 aliphatic heterocycles. The lowest BCUT2D eigenvalue weighted by atomic mass is 10.1. The molecule has 0 aromatic heterocycles. The van der Waals surface area contributed by atoms with Crippen LogP contribution in [0.5, 0.6) is 0 Å². The molecular weight excluding hydrogens is 170 g/mol. The van der Waals surface area contributed by atoms with Crippen LogP contribution in [0.2, 0.25) is 0 Å². The summed E-state index contributed by atoms with van der Waals surface area (Å²) in [4.78, 5) is 23.1. The van der Waals surface area contributed by atoms with Gasteiger partial charge in [0.05, 0.1) is 0 Å². The summed E-state index contributed by atoms with van der Waals surface area (Å²) in [6, 6.07) is 0. The van der Waals surface area contributed by atoms with Crippen LogP contribution in [0.25, 0.3) is 0 Å². The van der Waals surface area contributed by atoms with Crippen LogP contribution >= 0.6 is 0 Å². The number of carboxylic acids is 1. The minimum atomic E-state index is -0.923. The molecule has 0 bridgehead atoms. The Bertz CT molecular complexity index is 225. The summed E-state index contributed by atoms with van der Waals surface area (Å²) >= 11 is 0. The highest BCUT2D eigenvalue weighted by Gasteiger charge is 2.14. The molecule has 4 nitrogen and oxygen atoms in total. The summed E-state index contributed by atoms with van der Waals surface area (Å²) in [6.45, 7) is 2.13. The van der Waals surface area contributed by atoms with E-state index in [4.69, 9.17) is 5.11 Å². The minimum Gasteiger partial charge on any atom is -0.478 e. The smallest absolute Gasteiger partial charge is 0.328 e. The predicted octanol–water partition coefficient (Wildman–Crippen LogP) is 0.292. The fourth-order valence-corrected chi connectivity index (χ4v) is 1.29. The molecular formula is C9H13NO3. The van der Waals surface area contributed by atoms with Gasteiger partial charge in [-0.3, -0.25) is 9.69 Å². The van der Waals surface area contributed by atoms with E-state index in [1.165, 1.54) is 0 Å². The monoisotopic (exact) mass is 183 g/mol. The number of carbonyl (C=O) groups excluding carboxylic acids is 1. The SMILES string of the molecule is O=C(O)/C=C/CN1CCC(=O)CC1. The molecule has 0 aliphatic carbocycles. The number of piperidine rings is 1. The molecule has 0 spiro atoms. The Hall–Kier alpha value is -1.16. The third kappa shape index (κ3) is 3.85. The molecule has 1 rings (SSSR count). The van der Waals surface area contributed by atoms with Crippen molar-refractivity contribution in [2.45, 2.75) is 12.8 Å². The van der Waals surface area contributed by atoms with Crippen LogP contribution in [0, 0.1) is 0 Å². The van der Waals surface area contributed by atoms with E-state index in [2.05, 4.69) is 4.90 Å². The normalized spacial score (nSPS) is 19.5. The molecule has 0 amide bonds. The molecule has 4 heteroatoms. The molecule has 1 N–H and O–H groups in total. The average molecular weight is 183 g/mol. The summed E-state index contributed by atoms with van der Waals surface area (Å²) in [5.41, 5.74) is 0. The van der Waals surface area contributed by atoms with Gasteiger partial charge in [-0.2, -0.15) is 0 Å². The zero-order chi connectivity index (χ0) is 9.68. The topological polar surface area (TPSA) is 57.6 Å². The number of hydrogen-bond donors (Lipinski definition) is 1. The zero-order valence-corrected chi connectivity index (χ0v) is 7.40. The lowest BCUT2D eigenvalue weighted by molar-refractivity contribution is -0.131. The van der Waals surface area contributed by atoms with Gasteiger partial charge in [-0.15, -0.1) is 0 Å². The molecule has 0 saturated carbocycles. The lowest BCUT2D eigenvalue weighted by Crippen LogP contribution is -2.33. The highest BCUT2D eigenvalue weighted by molar-refractivity contribution is 5.80. The van der Waals surface area contributed by atoms with Gasteiger partial charge in [-0.25, -0.2) is 4.79 Å². The summed E-state index contributed by atoms with van der Waals surface area (Å²) in [6.07, 6.45) is 3.94. The Kier molecular flexibility index (Phi) is 3.64. The molecule has 0 aromatic carbocycles. The summed E-state index contributed by atoms with van der Waals surface area (Å²) in [5, 5.41) is 8.33. The van der Waals surface area contributed by atoms with Crippen molar-refractivity contribution < 1.29 is 14.7 Å². The molecule has 1 aliphatic rings. The fraction of sp³-hybridized carbons (Fsp3) is 0.556. The van der Waals surface area contributed by atoms with Gasteiger partial charge < -0.3 is 5.11 Å². The average Bonchev–Trinajstić information content (AvgIpc) is 2.08. The Balaban J connectivity index is 2.23. The molecule has 1 fully saturated rings. The maximum Gasteiger partial charge on any atom is 0.328 e. The highest BCUT2D eigenvalue weighted by Crippen LogP contribution is 2.04. The van der Waals surface area contributed by atoms with Crippen LogP contribution in [-0.4, -0.2) is 41.4 Å². The van der Waals surface area contributed by atoms with Crippen molar-refractivity contribution in [1.29, 1.82) is 0 Å². The lowest BCUT2D eigenvalue weighted by Gasteiger charge is -2.23.